The van der Waals surface area contributed by atoms with Crippen LogP contribution in [0.3, 0.4) is 0 Å². The topological polar surface area (TPSA) is 71.8 Å². The number of primary amides is 1. The van der Waals surface area contributed by atoms with Crippen molar-refractivity contribution in [3.8, 4) is 0 Å². The van der Waals surface area contributed by atoms with Gasteiger partial charge in [-0.25, -0.2) is 0 Å². The van der Waals surface area contributed by atoms with Gasteiger partial charge in [0.05, 0.1) is 11.0 Å². The zero-order valence-electron chi connectivity index (χ0n) is 11.8. The van der Waals surface area contributed by atoms with Gasteiger partial charge in [-0.05, 0) is 17.7 Å². The van der Waals surface area contributed by atoms with Gasteiger partial charge in [0.1, 0.15) is 0 Å². The number of carbonyl (C=O) groups is 1. The number of H-pyrrole nitrogens is 1. The predicted molar refractivity (Wildman–Crippen MR) is 82.8 cm³/mol. The smallest absolute Gasteiger partial charge is 0.218 e. The van der Waals surface area contributed by atoms with Crippen LogP contribution in [0.15, 0.2) is 54.9 Å². The normalized spacial score (nSPS) is 14.0. The summed E-state index contributed by atoms with van der Waals surface area (Å²) in [7, 11) is 0. The molecule has 21 heavy (non-hydrogen) atoms. The maximum Gasteiger partial charge on any atom is 0.218 e. The Balaban J connectivity index is 2.22. The van der Waals surface area contributed by atoms with E-state index in [9.17, 15) is 4.79 Å². The molecule has 106 valence electrons. The lowest BCUT2D eigenvalue weighted by Gasteiger charge is -2.28. The van der Waals surface area contributed by atoms with E-state index >= 15 is 0 Å². The number of rotatable bonds is 4. The van der Waals surface area contributed by atoms with Crippen molar-refractivity contribution in [1.82, 2.24) is 9.97 Å². The minimum Gasteiger partial charge on any atom is -0.370 e. The molecule has 0 bridgehead atoms. The van der Waals surface area contributed by atoms with Gasteiger partial charge in [0.15, 0.2) is 0 Å². The number of nitrogens with zero attached hydrogens (tertiary/aromatic N) is 1. The van der Waals surface area contributed by atoms with Crippen LogP contribution in [0.25, 0.3) is 11.0 Å². The summed E-state index contributed by atoms with van der Waals surface area (Å²) in [5.74, 6) is -0.327. The minimum atomic E-state index is -0.500. The number of nitrogens with one attached hydrogen (secondary N) is 1. The van der Waals surface area contributed by atoms with E-state index in [1.165, 1.54) is 0 Å². The van der Waals surface area contributed by atoms with E-state index in [-0.39, 0.29) is 12.3 Å². The molecule has 0 saturated carbocycles. The zero-order chi connectivity index (χ0) is 14.9. The van der Waals surface area contributed by atoms with Crippen molar-refractivity contribution >= 4 is 16.9 Å². The third-order valence-electron chi connectivity index (χ3n) is 3.97. The number of aromatic amines is 1. The van der Waals surface area contributed by atoms with Crippen LogP contribution in [0.4, 0.5) is 0 Å². The highest BCUT2D eigenvalue weighted by Crippen LogP contribution is 2.38. The molecular weight excluding hydrogens is 262 g/mol. The fraction of sp³-hybridized carbons (Fsp3) is 0.176. The van der Waals surface area contributed by atoms with Gasteiger partial charge in [0.2, 0.25) is 5.91 Å². The number of fused-ring (bicyclic) bond motifs is 1. The van der Waals surface area contributed by atoms with Crippen LogP contribution in [0.5, 0.6) is 0 Å². The number of aromatic nitrogens is 2. The zero-order valence-corrected chi connectivity index (χ0v) is 11.8. The number of carbonyl (C=O) groups excluding carboxylic acids is 1. The van der Waals surface area contributed by atoms with Crippen LogP contribution in [0.1, 0.15) is 24.5 Å². The first-order valence-electron chi connectivity index (χ1n) is 6.88. The van der Waals surface area contributed by atoms with Crippen molar-refractivity contribution in [2.75, 3.05) is 0 Å². The van der Waals surface area contributed by atoms with E-state index in [1.54, 1.807) is 6.20 Å². The molecule has 1 unspecified atom stereocenters. The number of amides is 1. The first kappa shape index (κ1) is 13.4. The lowest BCUT2D eigenvalue weighted by Crippen LogP contribution is -2.30. The molecule has 0 fully saturated rings. The number of nitrogens with two attached hydrogens (primary N) is 1. The average Bonchev–Trinajstić information content (AvgIpc) is 2.92. The van der Waals surface area contributed by atoms with Crippen LogP contribution in [0.2, 0.25) is 0 Å². The fourth-order valence-electron chi connectivity index (χ4n) is 2.88. The number of hydrogen-bond donors (Lipinski definition) is 2. The van der Waals surface area contributed by atoms with Gasteiger partial charge in [0, 0.05) is 29.8 Å². The second-order valence-electron chi connectivity index (χ2n) is 5.44. The molecule has 0 aliphatic heterocycles. The highest BCUT2D eigenvalue weighted by molar-refractivity contribution is 5.83. The molecule has 1 aromatic carbocycles. The van der Waals surface area contributed by atoms with Gasteiger partial charge in [0.25, 0.3) is 0 Å². The van der Waals surface area contributed by atoms with E-state index in [0.717, 1.165) is 22.2 Å². The summed E-state index contributed by atoms with van der Waals surface area (Å²) < 4.78 is 0. The van der Waals surface area contributed by atoms with Gasteiger partial charge in [-0.2, -0.15) is 0 Å². The van der Waals surface area contributed by atoms with Crippen molar-refractivity contribution in [2.24, 2.45) is 5.73 Å². The molecule has 3 rings (SSSR count). The summed E-state index contributed by atoms with van der Waals surface area (Å²) in [6.45, 7) is 2.03. The molecule has 0 radical (unpaired) electrons. The van der Waals surface area contributed by atoms with Gasteiger partial charge < -0.3 is 10.7 Å². The minimum absolute atomic E-state index is 0.237. The lowest BCUT2D eigenvalue weighted by molar-refractivity contribution is -0.118. The van der Waals surface area contributed by atoms with Crippen molar-refractivity contribution in [1.29, 1.82) is 0 Å². The van der Waals surface area contributed by atoms with Crippen molar-refractivity contribution < 1.29 is 4.79 Å². The lowest BCUT2D eigenvalue weighted by atomic mass is 9.74. The van der Waals surface area contributed by atoms with E-state index in [0.29, 0.717) is 0 Å². The average molecular weight is 279 g/mol. The summed E-state index contributed by atoms with van der Waals surface area (Å²) >= 11 is 0. The third kappa shape index (κ3) is 2.29. The Morgan fingerprint density at radius 1 is 1.24 bits per heavy atom. The van der Waals surface area contributed by atoms with Gasteiger partial charge in [-0.3, -0.25) is 9.78 Å². The Labute approximate surface area is 123 Å². The first-order chi connectivity index (χ1) is 10.1. The molecule has 4 nitrogen and oxygen atoms in total. The Morgan fingerprint density at radius 2 is 2.00 bits per heavy atom. The summed E-state index contributed by atoms with van der Waals surface area (Å²) in [6.07, 6.45) is 3.92. The summed E-state index contributed by atoms with van der Waals surface area (Å²) in [5, 5.41) is 0. The van der Waals surface area contributed by atoms with Gasteiger partial charge in [-0.15, -0.1) is 0 Å². The molecule has 1 atom stereocenters. The van der Waals surface area contributed by atoms with Crippen LogP contribution in [0, 0.1) is 0 Å². The van der Waals surface area contributed by atoms with Gasteiger partial charge in [-0.1, -0.05) is 37.3 Å². The molecule has 0 aliphatic carbocycles. The maximum absolute atomic E-state index is 11.6. The van der Waals surface area contributed by atoms with E-state index in [2.05, 4.69) is 9.97 Å². The maximum atomic E-state index is 11.6. The van der Waals surface area contributed by atoms with Crippen LogP contribution in [-0.4, -0.2) is 15.9 Å². The molecule has 3 N–H and O–H groups in total. The largest absolute Gasteiger partial charge is 0.370 e. The van der Waals surface area contributed by atoms with Crippen LogP contribution < -0.4 is 5.73 Å². The van der Waals surface area contributed by atoms with Crippen molar-refractivity contribution in [3.05, 3.63) is 66.0 Å². The molecule has 3 aromatic rings. The fourth-order valence-corrected chi connectivity index (χ4v) is 2.88. The summed E-state index contributed by atoms with van der Waals surface area (Å²) in [4.78, 5) is 19.3. The van der Waals surface area contributed by atoms with E-state index in [1.807, 2.05) is 55.6 Å². The van der Waals surface area contributed by atoms with E-state index in [4.69, 9.17) is 5.73 Å². The molecule has 4 heteroatoms. The molecule has 2 aromatic heterocycles. The molecule has 2 heterocycles. The summed E-state index contributed by atoms with van der Waals surface area (Å²) in [6, 6.07) is 13.8. The molecule has 0 spiro atoms. The Morgan fingerprint density at radius 3 is 2.71 bits per heavy atom. The highest BCUT2D eigenvalue weighted by Gasteiger charge is 2.33. The standard InChI is InChI=1S/C17H17N3O/c1-17(10-15(18)21,12-6-3-2-4-7-12)13-11-20-14-8-5-9-19-16(13)14/h2-9,11,20H,10H2,1H3,(H2,18,21). The highest BCUT2D eigenvalue weighted by atomic mass is 16.1. The van der Waals surface area contributed by atoms with Crippen LogP contribution >= 0.6 is 0 Å². The quantitative estimate of drug-likeness (QED) is 0.770. The summed E-state index contributed by atoms with van der Waals surface area (Å²) in [5.41, 5.74) is 8.87. The Hall–Kier alpha value is -2.62. The van der Waals surface area contributed by atoms with Crippen molar-refractivity contribution in [3.63, 3.8) is 0 Å². The number of hydrogen-bond acceptors (Lipinski definition) is 2. The first-order valence-corrected chi connectivity index (χ1v) is 6.88. The Bertz CT molecular complexity index is 779. The SMILES string of the molecule is CC(CC(N)=O)(c1ccccc1)c1c[nH]c2cccnc12. The predicted octanol–water partition coefficient (Wildman–Crippen LogP) is 2.74. The van der Waals surface area contributed by atoms with Crippen LogP contribution in [-0.2, 0) is 10.2 Å². The molecular formula is C17H17N3O. The van der Waals surface area contributed by atoms with Gasteiger partial charge >= 0.3 is 0 Å². The molecule has 1 amide bonds. The number of benzene rings is 1. The Kier molecular flexibility index (Phi) is 3.22. The molecule has 0 aliphatic rings. The third-order valence-corrected chi connectivity index (χ3v) is 3.97. The molecule has 0 saturated heterocycles. The second kappa shape index (κ2) is 5.05. The monoisotopic (exact) mass is 279 g/mol. The number of pyridine rings is 1. The second-order valence-corrected chi connectivity index (χ2v) is 5.44. The van der Waals surface area contributed by atoms with Crippen molar-refractivity contribution in [2.45, 2.75) is 18.8 Å². The van der Waals surface area contributed by atoms with E-state index < -0.39 is 5.41 Å².